The summed E-state index contributed by atoms with van der Waals surface area (Å²) in [6.07, 6.45) is 3.93. The summed E-state index contributed by atoms with van der Waals surface area (Å²) in [5.74, 6) is 0.800. The molecule has 0 aliphatic carbocycles. The maximum Gasteiger partial charge on any atom is 0.243 e. The van der Waals surface area contributed by atoms with Crippen molar-refractivity contribution in [3.63, 3.8) is 0 Å². The molecule has 2 aromatic carbocycles. The second-order valence-corrected chi connectivity index (χ2v) is 10.1. The minimum Gasteiger partial charge on any atom is -0.350 e. The van der Waals surface area contributed by atoms with Crippen molar-refractivity contribution in [1.82, 2.24) is 8.87 Å². The van der Waals surface area contributed by atoms with Gasteiger partial charge in [0, 0.05) is 37.2 Å². The van der Waals surface area contributed by atoms with Gasteiger partial charge in [-0.25, -0.2) is 8.42 Å². The van der Waals surface area contributed by atoms with Crippen LogP contribution in [0.4, 0.5) is 0 Å². The Morgan fingerprint density at radius 2 is 1.61 bits per heavy atom. The van der Waals surface area contributed by atoms with Crippen molar-refractivity contribution >= 4 is 20.9 Å². The molecular formula is C23H28N2O2S. The number of fused-ring (bicyclic) bond motifs is 1. The van der Waals surface area contributed by atoms with E-state index in [2.05, 4.69) is 55.9 Å². The molecule has 3 aromatic rings. The van der Waals surface area contributed by atoms with E-state index in [-0.39, 0.29) is 0 Å². The Labute approximate surface area is 167 Å². The van der Waals surface area contributed by atoms with Gasteiger partial charge in [-0.05, 0) is 54.0 Å². The number of nitrogens with zero attached hydrogens (tertiary/aromatic N) is 2. The van der Waals surface area contributed by atoms with E-state index in [1.807, 2.05) is 12.1 Å². The molecule has 0 amide bonds. The number of rotatable bonds is 4. The Morgan fingerprint density at radius 3 is 2.25 bits per heavy atom. The predicted molar refractivity (Wildman–Crippen MR) is 114 cm³/mol. The van der Waals surface area contributed by atoms with E-state index in [0.29, 0.717) is 29.8 Å². The fourth-order valence-electron chi connectivity index (χ4n) is 4.28. The summed E-state index contributed by atoms with van der Waals surface area (Å²) in [5, 5.41) is 1.29. The Kier molecular flexibility index (Phi) is 5.06. The van der Waals surface area contributed by atoms with Crippen LogP contribution in [0.1, 0.15) is 49.7 Å². The van der Waals surface area contributed by atoms with Gasteiger partial charge in [0.15, 0.2) is 0 Å². The SMILES string of the molecule is CC(C)c1ccc(S(=O)(=O)N2CCC(c3cn(C)c4ccccc34)CC2)cc1. The molecule has 1 saturated heterocycles. The Hall–Kier alpha value is -2.11. The van der Waals surface area contributed by atoms with Crippen molar-refractivity contribution < 1.29 is 8.42 Å². The molecule has 0 bridgehead atoms. The van der Waals surface area contributed by atoms with Gasteiger partial charge in [0.25, 0.3) is 0 Å². The number of aryl methyl sites for hydroxylation is 1. The molecule has 4 rings (SSSR count). The second kappa shape index (κ2) is 7.37. The number of aromatic nitrogens is 1. The molecule has 0 N–H and O–H groups in total. The van der Waals surface area contributed by atoms with Gasteiger partial charge >= 0.3 is 0 Å². The molecule has 0 unspecified atom stereocenters. The largest absolute Gasteiger partial charge is 0.350 e. The smallest absolute Gasteiger partial charge is 0.243 e. The molecule has 0 spiro atoms. The highest BCUT2D eigenvalue weighted by Crippen LogP contribution is 2.35. The highest BCUT2D eigenvalue weighted by molar-refractivity contribution is 7.89. The standard InChI is InChI=1S/C23H28N2O2S/c1-17(2)18-8-10-20(11-9-18)28(26,27)25-14-12-19(13-15-25)22-16-24(3)23-7-5-4-6-21(22)23/h4-11,16-17,19H,12-15H2,1-3H3. The Morgan fingerprint density at radius 1 is 0.964 bits per heavy atom. The average Bonchev–Trinajstić information content (AvgIpc) is 3.05. The topological polar surface area (TPSA) is 42.3 Å². The van der Waals surface area contributed by atoms with E-state index >= 15 is 0 Å². The lowest BCUT2D eigenvalue weighted by Crippen LogP contribution is -2.37. The zero-order valence-electron chi connectivity index (χ0n) is 16.8. The number of piperidine rings is 1. The zero-order valence-corrected chi connectivity index (χ0v) is 17.6. The Balaban J connectivity index is 1.51. The first-order valence-corrected chi connectivity index (χ1v) is 11.5. The molecule has 0 atom stereocenters. The molecule has 28 heavy (non-hydrogen) atoms. The van der Waals surface area contributed by atoms with Crippen LogP contribution in [0.3, 0.4) is 0 Å². The van der Waals surface area contributed by atoms with Crippen LogP contribution in [-0.2, 0) is 17.1 Å². The van der Waals surface area contributed by atoms with E-state index in [0.717, 1.165) is 18.4 Å². The Bertz CT molecular complexity index is 1070. The third kappa shape index (κ3) is 3.38. The van der Waals surface area contributed by atoms with Crippen molar-refractivity contribution in [2.45, 2.75) is 43.4 Å². The molecule has 5 heteroatoms. The van der Waals surface area contributed by atoms with Gasteiger partial charge < -0.3 is 4.57 Å². The first-order valence-electron chi connectivity index (χ1n) is 10.0. The van der Waals surface area contributed by atoms with Crippen LogP contribution >= 0.6 is 0 Å². The monoisotopic (exact) mass is 396 g/mol. The fraction of sp³-hybridized carbons (Fsp3) is 0.391. The summed E-state index contributed by atoms with van der Waals surface area (Å²) < 4.78 is 29.9. The van der Waals surface area contributed by atoms with Crippen molar-refractivity contribution in [2.75, 3.05) is 13.1 Å². The lowest BCUT2D eigenvalue weighted by molar-refractivity contribution is 0.320. The van der Waals surface area contributed by atoms with Crippen LogP contribution in [-0.4, -0.2) is 30.4 Å². The molecule has 4 nitrogen and oxygen atoms in total. The molecule has 1 fully saturated rings. The molecule has 0 saturated carbocycles. The summed E-state index contributed by atoms with van der Waals surface area (Å²) in [7, 11) is -1.34. The highest BCUT2D eigenvalue weighted by Gasteiger charge is 2.31. The van der Waals surface area contributed by atoms with E-state index in [1.54, 1.807) is 16.4 Å². The number of sulfonamides is 1. The van der Waals surface area contributed by atoms with Crippen LogP contribution < -0.4 is 0 Å². The molecular weight excluding hydrogens is 368 g/mol. The van der Waals surface area contributed by atoms with Gasteiger partial charge in [-0.3, -0.25) is 0 Å². The normalized spacial score (nSPS) is 16.9. The molecule has 1 aliphatic rings. The zero-order chi connectivity index (χ0) is 19.9. The number of para-hydroxylation sites is 1. The molecule has 2 heterocycles. The van der Waals surface area contributed by atoms with E-state index in [4.69, 9.17) is 0 Å². The van der Waals surface area contributed by atoms with Crippen LogP contribution in [0.25, 0.3) is 10.9 Å². The van der Waals surface area contributed by atoms with Gasteiger partial charge in [0.05, 0.1) is 4.90 Å². The van der Waals surface area contributed by atoms with Gasteiger partial charge in [-0.2, -0.15) is 4.31 Å². The van der Waals surface area contributed by atoms with E-state index in [1.165, 1.54) is 16.5 Å². The summed E-state index contributed by atoms with van der Waals surface area (Å²) in [6.45, 7) is 5.37. The lowest BCUT2D eigenvalue weighted by atomic mass is 9.90. The fourth-order valence-corrected chi connectivity index (χ4v) is 5.75. The van der Waals surface area contributed by atoms with Gasteiger partial charge in [-0.15, -0.1) is 0 Å². The summed E-state index contributed by atoms with van der Waals surface area (Å²) >= 11 is 0. The van der Waals surface area contributed by atoms with Crippen molar-refractivity contribution in [3.8, 4) is 0 Å². The molecule has 148 valence electrons. The summed E-state index contributed by atoms with van der Waals surface area (Å²) in [4.78, 5) is 0.403. The third-order valence-electron chi connectivity index (χ3n) is 6.01. The molecule has 1 aliphatic heterocycles. The van der Waals surface area contributed by atoms with Gasteiger partial charge in [0.1, 0.15) is 0 Å². The van der Waals surface area contributed by atoms with Crippen molar-refractivity contribution in [3.05, 3.63) is 65.9 Å². The maximum absolute atomic E-state index is 13.0. The predicted octanol–water partition coefficient (Wildman–Crippen LogP) is 4.87. The molecule has 1 aromatic heterocycles. The number of hydrogen-bond donors (Lipinski definition) is 0. The van der Waals surface area contributed by atoms with E-state index < -0.39 is 10.0 Å². The first kappa shape index (κ1) is 19.2. The van der Waals surface area contributed by atoms with Crippen molar-refractivity contribution in [1.29, 1.82) is 0 Å². The van der Waals surface area contributed by atoms with Crippen LogP contribution in [0.2, 0.25) is 0 Å². The quantitative estimate of drug-likeness (QED) is 0.631. The summed E-state index contributed by atoms with van der Waals surface area (Å²) in [6, 6.07) is 15.8. The average molecular weight is 397 g/mol. The van der Waals surface area contributed by atoms with Gasteiger partial charge in [0.2, 0.25) is 10.0 Å². The summed E-state index contributed by atoms with van der Waals surface area (Å²) in [5.41, 5.74) is 3.74. The number of hydrogen-bond acceptors (Lipinski definition) is 2. The van der Waals surface area contributed by atoms with Crippen molar-refractivity contribution in [2.24, 2.45) is 7.05 Å². The molecule has 0 radical (unpaired) electrons. The van der Waals surface area contributed by atoms with Crippen LogP contribution in [0.15, 0.2) is 59.6 Å². The highest BCUT2D eigenvalue weighted by atomic mass is 32.2. The van der Waals surface area contributed by atoms with Crippen LogP contribution in [0, 0.1) is 0 Å². The van der Waals surface area contributed by atoms with Gasteiger partial charge in [-0.1, -0.05) is 44.2 Å². The third-order valence-corrected chi connectivity index (χ3v) is 7.92. The van der Waals surface area contributed by atoms with Crippen LogP contribution in [0.5, 0.6) is 0 Å². The maximum atomic E-state index is 13.0. The second-order valence-electron chi connectivity index (χ2n) is 8.11. The van der Waals surface area contributed by atoms with E-state index in [9.17, 15) is 8.42 Å². The first-order chi connectivity index (χ1) is 13.4. The lowest BCUT2D eigenvalue weighted by Gasteiger charge is -2.31. The number of benzene rings is 2. The minimum atomic E-state index is -3.42. The minimum absolute atomic E-state index is 0.396.